The van der Waals surface area contributed by atoms with Crippen molar-refractivity contribution in [3.63, 3.8) is 0 Å². The molecule has 0 heterocycles. The molecule has 0 saturated carbocycles. The van der Waals surface area contributed by atoms with Crippen LogP contribution in [-0.2, 0) is 4.79 Å². The summed E-state index contributed by atoms with van der Waals surface area (Å²) >= 11 is 0. The molecule has 0 saturated heterocycles. The number of rotatable bonds is 9. The monoisotopic (exact) mass is 235 g/mol. The van der Waals surface area contributed by atoms with E-state index in [1.165, 1.54) is 0 Å². The van der Waals surface area contributed by atoms with E-state index < -0.39 is 31.0 Å². The Bertz CT molecular complexity index is 190. The van der Waals surface area contributed by atoms with Crippen LogP contribution in [0.3, 0.4) is 0 Å². The van der Waals surface area contributed by atoms with E-state index in [9.17, 15) is 15.0 Å². The van der Waals surface area contributed by atoms with Gasteiger partial charge in [-0.15, -0.1) is 0 Å². The average Bonchev–Trinajstić information content (AvgIpc) is 2.32. The molecule has 6 heteroatoms. The zero-order chi connectivity index (χ0) is 12.6. The molecule has 96 valence electrons. The lowest BCUT2D eigenvalue weighted by Crippen LogP contribution is -2.52. The Hall–Kier alpha value is -0.530. The first kappa shape index (κ1) is 15.5. The fraction of sp³-hybridized carbons (Fsp3) is 0.900. The van der Waals surface area contributed by atoms with Gasteiger partial charge in [-0.2, -0.15) is 0 Å². The summed E-state index contributed by atoms with van der Waals surface area (Å²) in [5.74, 6) is 0. The second kappa shape index (κ2) is 8.60. The molecule has 0 aliphatic rings. The number of aldehydes is 1. The minimum Gasteiger partial charge on any atom is -0.394 e. The molecule has 0 aromatic carbocycles. The summed E-state index contributed by atoms with van der Waals surface area (Å²) in [5, 5.41) is 39.4. The van der Waals surface area contributed by atoms with E-state index in [0.29, 0.717) is 12.8 Å². The fourth-order valence-electron chi connectivity index (χ4n) is 1.24. The smallest absolute Gasteiger partial charge is 0.139 e. The van der Waals surface area contributed by atoms with Gasteiger partial charge in [0.2, 0.25) is 0 Å². The lowest BCUT2D eigenvalue weighted by molar-refractivity contribution is -0.120. The van der Waals surface area contributed by atoms with Gasteiger partial charge in [0.25, 0.3) is 0 Å². The highest BCUT2D eigenvalue weighted by molar-refractivity contribution is 5.58. The largest absolute Gasteiger partial charge is 0.394 e. The molecular weight excluding hydrogens is 214 g/mol. The van der Waals surface area contributed by atoms with Gasteiger partial charge in [0.15, 0.2) is 0 Å². The van der Waals surface area contributed by atoms with Crippen LogP contribution in [0.15, 0.2) is 0 Å². The zero-order valence-electron chi connectivity index (χ0n) is 9.41. The molecule has 0 aromatic heterocycles. The van der Waals surface area contributed by atoms with E-state index in [4.69, 9.17) is 10.2 Å². The standard InChI is InChI=1S/C10H21NO5/c1-2-3-4-11-7(5-12)9(15)10(16)8(14)6-13/h5,7-11,13-16H,2-4,6H2,1H3/t7-,8-,9-,10-/m1/s1. The molecule has 0 radical (unpaired) electrons. The van der Waals surface area contributed by atoms with Crippen LogP contribution in [0, 0.1) is 0 Å². The number of hydrogen-bond acceptors (Lipinski definition) is 6. The Morgan fingerprint density at radius 2 is 1.88 bits per heavy atom. The number of unbranched alkanes of at least 4 members (excludes halogenated alkanes) is 1. The highest BCUT2D eigenvalue weighted by Crippen LogP contribution is 2.04. The van der Waals surface area contributed by atoms with Crippen LogP contribution >= 0.6 is 0 Å². The van der Waals surface area contributed by atoms with Crippen molar-refractivity contribution in [3.8, 4) is 0 Å². The summed E-state index contributed by atoms with van der Waals surface area (Å²) in [7, 11) is 0. The average molecular weight is 235 g/mol. The van der Waals surface area contributed by atoms with Gasteiger partial charge in [-0.25, -0.2) is 0 Å². The number of aliphatic hydroxyl groups is 4. The second-order valence-electron chi connectivity index (χ2n) is 3.70. The molecular formula is C10H21NO5. The Balaban J connectivity index is 4.17. The summed E-state index contributed by atoms with van der Waals surface area (Å²) in [6, 6.07) is -0.942. The topological polar surface area (TPSA) is 110 Å². The molecule has 0 aliphatic carbocycles. The minimum absolute atomic E-state index is 0.480. The van der Waals surface area contributed by atoms with E-state index in [1.54, 1.807) is 0 Å². The Morgan fingerprint density at radius 1 is 1.25 bits per heavy atom. The molecule has 16 heavy (non-hydrogen) atoms. The first-order valence-corrected chi connectivity index (χ1v) is 5.42. The Kier molecular flexibility index (Phi) is 8.32. The van der Waals surface area contributed by atoms with E-state index in [2.05, 4.69) is 5.32 Å². The number of carbonyl (C=O) groups is 1. The lowest BCUT2D eigenvalue weighted by Gasteiger charge is -2.26. The van der Waals surface area contributed by atoms with Crippen LogP contribution in [0.4, 0.5) is 0 Å². The maximum absolute atomic E-state index is 10.7. The number of aliphatic hydroxyl groups excluding tert-OH is 4. The number of nitrogens with one attached hydrogen (secondary N) is 1. The maximum Gasteiger partial charge on any atom is 0.139 e. The van der Waals surface area contributed by atoms with Gasteiger partial charge in [0, 0.05) is 0 Å². The van der Waals surface area contributed by atoms with Gasteiger partial charge in [0.1, 0.15) is 24.6 Å². The van der Waals surface area contributed by atoms with E-state index in [-0.39, 0.29) is 0 Å². The molecule has 6 nitrogen and oxygen atoms in total. The van der Waals surface area contributed by atoms with Crippen molar-refractivity contribution < 1.29 is 25.2 Å². The predicted molar refractivity (Wildman–Crippen MR) is 57.9 cm³/mol. The SMILES string of the molecule is CCCCN[C@H](C=O)[C@@H](O)[C@H](O)[C@H](O)CO. The third-order valence-corrected chi connectivity index (χ3v) is 2.36. The summed E-state index contributed by atoms with van der Waals surface area (Å²) in [6.07, 6.45) is -2.17. The van der Waals surface area contributed by atoms with Crippen molar-refractivity contribution in [2.75, 3.05) is 13.2 Å². The number of carbonyl (C=O) groups excluding carboxylic acids is 1. The van der Waals surface area contributed by atoms with Gasteiger partial charge < -0.3 is 30.5 Å². The molecule has 5 N–H and O–H groups in total. The summed E-state index contributed by atoms with van der Waals surface area (Å²) in [5.41, 5.74) is 0. The molecule has 0 aliphatic heterocycles. The Labute approximate surface area is 94.9 Å². The minimum atomic E-state index is -1.55. The van der Waals surface area contributed by atoms with Crippen LogP contribution < -0.4 is 5.32 Å². The van der Waals surface area contributed by atoms with Crippen LogP contribution in [0.25, 0.3) is 0 Å². The van der Waals surface area contributed by atoms with Crippen molar-refractivity contribution in [1.82, 2.24) is 5.32 Å². The van der Waals surface area contributed by atoms with Crippen molar-refractivity contribution >= 4 is 6.29 Å². The van der Waals surface area contributed by atoms with Gasteiger partial charge in [0.05, 0.1) is 12.6 Å². The molecule has 0 fully saturated rings. The van der Waals surface area contributed by atoms with Gasteiger partial charge in [-0.1, -0.05) is 13.3 Å². The highest BCUT2D eigenvalue weighted by Gasteiger charge is 2.30. The predicted octanol–water partition coefficient (Wildman–Crippen LogP) is -1.98. The van der Waals surface area contributed by atoms with Crippen LogP contribution in [0.1, 0.15) is 19.8 Å². The maximum atomic E-state index is 10.7. The number of hydrogen-bond donors (Lipinski definition) is 5. The highest BCUT2D eigenvalue weighted by atomic mass is 16.4. The van der Waals surface area contributed by atoms with Crippen LogP contribution in [0.5, 0.6) is 0 Å². The van der Waals surface area contributed by atoms with Crippen LogP contribution in [-0.4, -0.2) is 64.2 Å². The third-order valence-electron chi connectivity index (χ3n) is 2.36. The summed E-state index contributed by atoms with van der Waals surface area (Å²) < 4.78 is 0. The van der Waals surface area contributed by atoms with E-state index >= 15 is 0 Å². The van der Waals surface area contributed by atoms with Gasteiger partial charge >= 0.3 is 0 Å². The van der Waals surface area contributed by atoms with Crippen LogP contribution in [0.2, 0.25) is 0 Å². The Morgan fingerprint density at radius 3 is 2.31 bits per heavy atom. The van der Waals surface area contributed by atoms with Crippen molar-refractivity contribution in [2.24, 2.45) is 0 Å². The fourth-order valence-corrected chi connectivity index (χ4v) is 1.24. The summed E-state index contributed by atoms with van der Waals surface area (Å²) in [4.78, 5) is 10.7. The van der Waals surface area contributed by atoms with Gasteiger partial charge in [-0.3, -0.25) is 0 Å². The molecule has 0 rings (SSSR count). The molecule has 0 aromatic rings. The normalized spacial score (nSPS) is 18.8. The quantitative estimate of drug-likeness (QED) is 0.234. The first-order chi connectivity index (χ1) is 7.58. The zero-order valence-corrected chi connectivity index (χ0v) is 9.41. The molecule has 4 atom stereocenters. The summed E-state index contributed by atoms with van der Waals surface area (Å²) in [6.45, 7) is 1.86. The molecule has 0 unspecified atom stereocenters. The molecule has 0 spiro atoms. The van der Waals surface area contributed by atoms with Crippen molar-refractivity contribution in [1.29, 1.82) is 0 Å². The third kappa shape index (κ3) is 5.00. The van der Waals surface area contributed by atoms with E-state index in [1.807, 2.05) is 6.92 Å². The first-order valence-electron chi connectivity index (χ1n) is 5.42. The van der Waals surface area contributed by atoms with E-state index in [0.717, 1.165) is 12.8 Å². The molecule has 0 bridgehead atoms. The van der Waals surface area contributed by atoms with Crippen molar-refractivity contribution in [3.05, 3.63) is 0 Å². The van der Waals surface area contributed by atoms with Crippen molar-refractivity contribution in [2.45, 2.75) is 44.1 Å². The second-order valence-corrected chi connectivity index (χ2v) is 3.70. The lowest BCUT2D eigenvalue weighted by atomic mass is 10.0. The molecule has 0 amide bonds. The van der Waals surface area contributed by atoms with Gasteiger partial charge in [-0.05, 0) is 13.0 Å².